The first-order valence-electron chi connectivity index (χ1n) is 7.65. The molecule has 1 saturated heterocycles. The first-order valence-corrected chi connectivity index (χ1v) is 9.47. The summed E-state index contributed by atoms with van der Waals surface area (Å²) >= 11 is 0. The van der Waals surface area contributed by atoms with Crippen molar-refractivity contribution in [3.05, 3.63) is 28.8 Å². The lowest BCUT2D eigenvalue weighted by molar-refractivity contribution is -0.124. The van der Waals surface area contributed by atoms with Crippen molar-refractivity contribution in [3.63, 3.8) is 0 Å². The third-order valence-electron chi connectivity index (χ3n) is 4.55. The Kier molecular flexibility index (Phi) is 4.12. The second kappa shape index (κ2) is 5.91. The molecule has 0 radical (unpaired) electrons. The van der Waals surface area contributed by atoms with Gasteiger partial charge in [-0.15, -0.1) is 0 Å². The van der Waals surface area contributed by atoms with Crippen molar-refractivity contribution in [2.75, 3.05) is 18.6 Å². The van der Waals surface area contributed by atoms with Crippen LogP contribution >= 0.6 is 0 Å². The molecule has 1 N–H and O–H groups in total. The monoisotopic (exact) mass is 323 g/mol. The molecule has 3 rings (SSSR count). The average Bonchev–Trinajstić information content (AvgIpc) is 3.08. The molecule has 1 aliphatic heterocycles. The Hall–Kier alpha value is -1.56. The van der Waals surface area contributed by atoms with Crippen LogP contribution in [0.25, 0.3) is 0 Å². The largest absolute Gasteiger partial charge is 0.496 e. The lowest BCUT2D eigenvalue weighted by Gasteiger charge is -2.14. The minimum absolute atomic E-state index is 0.0276. The topological polar surface area (TPSA) is 72.5 Å². The highest BCUT2D eigenvalue weighted by Gasteiger charge is 2.32. The Balaban J connectivity index is 1.68. The van der Waals surface area contributed by atoms with Gasteiger partial charge in [0.05, 0.1) is 24.5 Å². The van der Waals surface area contributed by atoms with Gasteiger partial charge in [-0.25, -0.2) is 8.42 Å². The van der Waals surface area contributed by atoms with Gasteiger partial charge in [-0.3, -0.25) is 4.79 Å². The SMILES string of the molecule is COc1cc2c(cc1CNC(=O)[C@@H]1CCS(=O)(=O)C1)CCC2. The summed E-state index contributed by atoms with van der Waals surface area (Å²) in [6, 6.07) is 4.16. The fraction of sp³-hybridized carbons (Fsp3) is 0.562. The molecule has 1 fully saturated rings. The first-order chi connectivity index (χ1) is 10.5. The summed E-state index contributed by atoms with van der Waals surface area (Å²) in [7, 11) is -1.40. The van der Waals surface area contributed by atoms with Crippen molar-refractivity contribution in [2.24, 2.45) is 5.92 Å². The molecule has 1 heterocycles. The summed E-state index contributed by atoms with van der Waals surface area (Å²) in [5.41, 5.74) is 3.61. The minimum atomic E-state index is -3.03. The number of hydrogen-bond acceptors (Lipinski definition) is 4. The molecule has 0 bridgehead atoms. The number of amides is 1. The average molecular weight is 323 g/mol. The number of carbonyl (C=O) groups is 1. The Labute approximate surface area is 131 Å². The number of ether oxygens (including phenoxy) is 1. The van der Waals surface area contributed by atoms with E-state index in [2.05, 4.69) is 17.4 Å². The fourth-order valence-electron chi connectivity index (χ4n) is 3.31. The van der Waals surface area contributed by atoms with Crippen LogP contribution in [0.15, 0.2) is 12.1 Å². The third kappa shape index (κ3) is 3.11. The Morgan fingerprint density at radius 1 is 1.32 bits per heavy atom. The number of sulfone groups is 1. The number of carbonyl (C=O) groups excluding carboxylic acids is 1. The lowest BCUT2D eigenvalue weighted by atomic mass is 10.0. The molecule has 5 nitrogen and oxygen atoms in total. The summed E-state index contributed by atoms with van der Waals surface area (Å²) < 4.78 is 28.3. The van der Waals surface area contributed by atoms with Gasteiger partial charge in [0, 0.05) is 12.1 Å². The van der Waals surface area contributed by atoms with Gasteiger partial charge in [-0.05, 0) is 42.9 Å². The van der Waals surface area contributed by atoms with Crippen LogP contribution in [0.5, 0.6) is 5.75 Å². The summed E-state index contributed by atoms with van der Waals surface area (Å²) in [6.45, 7) is 0.381. The normalized spacial score (nSPS) is 22.3. The van der Waals surface area contributed by atoms with E-state index in [1.807, 2.05) is 0 Å². The number of nitrogens with one attached hydrogen (secondary N) is 1. The summed E-state index contributed by atoms with van der Waals surface area (Å²) in [5, 5.41) is 2.86. The van der Waals surface area contributed by atoms with E-state index in [-0.39, 0.29) is 17.4 Å². The summed E-state index contributed by atoms with van der Waals surface area (Å²) in [5.74, 6) is 0.294. The standard InChI is InChI=1S/C16H21NO4S/c1-21-15-8-12-4-2-3-11(12)7-14(15)9-17-16(18)13-5-6-22(19,20)10-13/h7-8,13H,2-6,9-10H2,1H3,(H,17,18)/t13-/m1/s1. The predicted octanol–water partition coefficient (Wildman–Crippen LogP) is 1.23. The van der Waals surface area contributed by atoms with Crippen LogP contribution in [-0.4, -0.2) is 32.9 Å². The maximum atomic E-state index is 12.1. The molecule has 120 valence electrons. The number of rotatable bonds is 4. The number of methoxy groups -OCH3 is 1. The number of hydrogen-bond donors (Lipinski definition) is 1. The van der Waals surface area contributed by atoms with E-state index in [1.165, 1.54) is 11.1 Å². The van der Waals surface area contributed by atoms with Gasteiger partial charge in [0.1, 0.15) is 5.75 Å². The molecular formula is C16H21NO4S. The number of benzene rings is 1. The summed E-state index contributed by atoms with van der Waals surface area (Å²) in [4.78, 5) is 12.1. The highest BCUT2D eigenvalue weighted by atomic mass is 32.2. The number of aryl methyl sites for hydroxylation is 2. The molecule has 1 aromatic carbocycles. The zero-order valence-corrected chi connectivity index (χ0v) is 13.5. The van der Waals surface area contributed by atoms with Gasteiger partial charge >= 0.3 is 0 Å². The van der Waals surface area contributed by atoms with Crippen LogP contribution in [-0.2, 0) is 34.0 Å². The Bertz CT molecular complexity index is 696. The van der Waals surface area contributed by atoms with Gasteiger partial charge in [-0.2, -0.15) is 0 Å². The third-order valence-corrected chi connectivity index (χ3v) is 6.32. The van der Waals surface area contributed by atoms with Crippen LogP contribution in [0.3, 0.4) is 0 Å². The molecule has 0 saturated carbocycles. The van der Waals surface area contributed by atoms with Crippen molar-refractivity contribution in [1.82, 2.24) is 5.32 Å². The van der Waals surface area contributed by atoms with Gasteiger partial charge < -0.3 is 10.1 Å². The van der Waals surface area contributed by atoms with E-state index in [1.54, 1.807) is 7.11 Å². The van der Waals surface area contributed by atoms with Crippen molar-refractivity contribution in [1.29, 1.82) is 0 Å². The second-order valence-electron chi connectivity index (χ2n) is 6.10. The maximum Gasteiger partial charge on any atom is 0.224 e. The maximum absolute atomic E-state index is 12.1. The smallest absolute Gasteiger partial charge is 0.224 e. The van der Waals surface area contributed by atoms with Crippen LogP contribution < -0.4 is 10.1 Å². The zero-order valence-electron chi connectivity index (χ0n) is 12.7. The van der Waals surface area contributed by atoms with Crippen LogP contribution in [0, 0.1) is 5.92 Å². The molecular weight excluding hydrogens is 302 g/mol. The molecule has 6 heteroatoms. The predicted molar refractivity (Wildman–Crippen MR) is 83.6 cm³/mol. The van der Waals surface area contributed by atoms with E-state index in [0.29, 0.717) is 13.0 Å². The number of fused-ring (bicyclic) bond motifs is 1. The minimum Gasteiger partial charge on any atom is -0.496 e. The molecule has 2 aliphatic rings. The first kappa shape index (κ1) is 15.3. The molecule has 22 heavy (non-hydrogen) atoms. The van der Waals surface area contributed by atoms with Crippen molar-refractivity contribution >= 4 is 15.7 Å². The Morgan fingerprint density at radius 3 is 2.68 bits per heavy atom. The van der Waals surface area contributed by atoms with E-state index in [4.69, 9.17) is 4.74 Å². The molecule has 0 unspecified atom stereocenters. The zero-order chi connectivity index (χ0) is 15.7. The van der Waals surface area contributed by atoms with Gasteiger partial charge in [0.25, 0.3) is 0 Å². The van der Waals surface area contributed by atoms with Crippen LogP contribution in [0.2, 0.25) is 0 Å². The van der Waals surface area contributed by atoms with Gasteiger partial charge in [0.15, 0.2) is 9.84 Å². The van der Waals surface area contributed by atoms with E-state index in [9.17, 15) is 13.2 Å². The highest BCUT2D eigenvalue weighted by Crippen LogP contribution is 2.30. The van der Waals surface area contributed by atoms with E-state index < -0.39 is 15.8 Å². The highest BCUT2D eigenvalue weighted by molar-refractivity contribution is 7.91. The van der Waals surface area contributed by atoms with Crippen molar-refractivity contribution < 1.29 is 17.9 Å². The quantitative estimate of drug-likeness (QED) is 0.905. The van der Waals surface area contributed by atoms with Crippen LogP contribution in [0.1, 0.15) is 29.5 Å². The van der Waals surface area contributed by atoms with Gasteiger partial charge in [0.2, 0.25) is 5.91 Å². The fourth-order valence-corrected chi connectivity index (χ4v) is 5.05. The van der Waals surface area contributed by atoms with Gasteiger partial charge in [-0.1, -0.05) is 6.07 Å². The molecule has 1 atom stereocenters. The molecule has 1 aromatic rings. The second-order valence-corrected chi connectivity index (χ2v) is 8.33. The lowest BCUT2D eigenvalue weighted by Crippen LogP contribution is -2.31. The Morgan fingerprint density at radius 2 is 2.05 bits per heavy atom. The van der Waals surface area contributed by atoms with E-state index >= 15 is 0 Å². The summed E-state index contributed by atoms with van der Waals surface area (Å²) in [6.07, 6.45) is 3.74. The molecule has 1 aliphatic carbocycles. The molecule has 0 aromatic heterocycles. The van der Waals surface area contributed by atoms with Crippen LogP contribution in [0.4, 0.5) is 0 Å². The molecule has 1 amide bonds. The van der Waals surface area contributed by atoms with Crippen molar-refractivity contribution in [3.8, 4) is 5.75 Å². The van der Waals surface area contributed by atoms with E-state index in [0.717, 1.165) is 30.6 Å². The molecule has 0 spiro atoms. The van der Waals surface area contributed by atoms with Crippen molar-refractivity contribution in [2.45, 2.75) is 32.2 Å².